The number of hydrogen-bond acceptors (Lipinski definition) is 4. The molecule has 0 amide bonds. The summed E-state index contributed by atoms with van der Waals surface area (Å²) in [6.45, 7) is 1.36. The fraction of sp³-hybridized carbons (Fsp3) is 0.312. The van der Waals surface area contributed by atoms with Crippen LogP contribution in [0.5, 0.6) is 5.75 Å². The first-order valence-electron chi connectivity index (χ1n) is 7.45. The van der Waals surface area contributed by atoms with Crippen LogP contribution in [0.4, 0.5) is 0 Å². The van der Waals surface area contributed by atoms with E-state index in [1.54, 1.807) is 12.3 Å². The van der Waals surface area contributed by atoms with Gasteiger partial charge in [0.25, 0.3) is 0 Å². The number of pyridine rings is 1. The number of nitrogens with zero attached hydrogens (tertiary/aromatic N) is 4. The zero-order chi connectivity index (χ0) is 15.8. The number of halogens is 2. The van der Waals surface area contributed by atoms with E-state index in [1.165, 1.54) is 12.8 Å². The molecule has 1 fully saturated rings. The quantitative estimate of drug-likeness (QED) is 0.609. The van der Waals surface area contributed by atoms with Gasteiger partial charge in [-0.2, -0.15) is 0 Å². The van der Waals surface area contributed by atoms with Crippen LogP contribution in [0.1, 0.15) is 18.4 Å². The van der Waals surface area contributed by atoms with Crippen LogP contribution in [0.3, 0.4) is 0 Å². The second kappa shape index (κ2) is 6.09. The third-order valence-electron chi connectivity index (χ3n) is 3.90. The number of ether oxygens (including phenoxy) is 1. The average Bonchev–Trinajstić information content (AvgIpc) is 3.26. The van der Waals surface area contributed by atoms with E-state index in [-0.39, 0.29) is 0 Å². The van der Waals surface area contributed by atoms with Crippen LogP contribution in [-0.2, 0) is 13.2 Å². The molecule has 0 unspecified atom stereocenters. The smallest absolute Gasteiger partial charge is 0.136 e. The van der Waals surface area contributed by atoms with Crippen molar-refractivity contribution in [3.63, 3.8) is 0 Å². The van der Waals surface area contributed by atoms with E-state index in [2.05, 4.69) is 31.2 Å². The Balaban J connectivity index is 1.56. The standard InChI is InChI=1S/C16H14BrClN4O/c17-15-13(23-9-11-5-6-19-14(18)7-11)4-3-12-16(15)20-21-22(12)8-10-1-2-10/h3-7,10H,1-2,8-9H2. The molecule has 118 valence electrons. The lowest BCUT2D eigenvalue weighted by atomic mass is 10.2. The van der Waals surface area contributed by atoms with Crippen molar-refractivity contribution in [3.8, 4) is 5.75 Å². The summed E-state index contributed by atoms with van der Waals surface area (Å²) in [5.41, 5.74) is 2.83. The van der Waals surface area contributed by atoms with Gasteiger partial charge in [0.05, 0.1) is 9.99 Å². The Morgan fingerprint density at radius 3 is 2.96 bits per heavy atom. The Morgan fingerprint density at radius 1 is 1.30 bits per heavy atom. The fourth-order valence-corrected chi connectivity index (χ4v) is 3.20. The van der Waals surface area contributed by atoms with Crippen molar-refractivity contribution in [2.24, 2.45) is 5.92 Å². The van der Waals surface area contributed by atoms with Crippen LogP contribution >= 0.6 is 27.5 Å². The van der Waals surface area contributed by atoms with Crippen molar-refractivity contribution in [3.05, 3.63) is 45.7 Å². The van der Waals surface area contributed by atoms with Gasteiger partial charge in [-0.05, 0) is 64.5 Å². The summed E-state index contributed by atoms with van der Waals surface area (Å²) in [4.78, 5) is 3.96. The van der Waals surface area contributed by atoms with Crippen LogP contribution in [0, 0.1) is 5.92 Å². The molecule has 1 aliphatic rings. The highest BCUT2D eigenvalue weighted by atomic mass is 79.9. The van der Waals surface area contributed by atoms with E-state index in [4.69, 9.17) is 16.3 Å². The molecule has 0 radical (unpaired) electrons. The highest BCUT2D eigenvalue weighted by Gasteiger charge is 2.23. The van der Waals surface area contributed by atoms with Gasteiger partial charge < -0.3 is 4.74 Å². The largest absolute Gasteiger partial charge is 0.488 e. The average molecular weight is 394 g/mol. The van der Waals surface area contributed by atoms with Gasteiger partial charge in [-0.3, -0.25) is 0 Å². The van der Waals surface area contributed by atoms with Crippen molar-refractivity contribution < 1.29 is 4.74 Å². The van der Waals surface area contributed by atoms with Crippen LogP contribution in [0.2, 0.25) is 5.15 Å². The molecular weight excluding hydrogens is 380 g/mol. The maximum absolute atomic E-state index is 5.89. The SMILES string of the molecule is Clc1cc(COc2ccc3c(nnn3CC3CC3)c2Br)ccn1. The molecule has 0 saturated heterocycles. The molecule has 1 aliphatic carbocycles. The minimum Gasteiger partial charge on any atom is -0.488 e. The Labute approximate surface area is 146 Å². The molecule has 0 aliphatic heterocycles. The van der Waals surface area contributed by atoms with E-state index < -0.39 is 0 Å². The van der Waals surface area contributed by atoms with Gasteiger partial charge in [0, 0.05) is 12.7 Å². The lowest BCUT2D eigenvalue weighted by Gasteiger charge is -2.09. The lowest BCUT2D eigenvalue weighted by molar-refractivity contribution is 0.304. The number of hydrogen-bond donors (Lipinski definition) is 0. The molecule has 2 heterocycles. The first kappa shape index (κ1) is 14.9. The molecule has 0 bridgehead atoms. The Morgan fingerprint density at radius 2 is 2.17 bits per heavy atom. The molecule has 0 N–H and O–H groups in total. The summed E-state index contributed by atoms with van der Waals surface area (Å²) < 4.78 is 8.69. The van der Waals surface area contributed by atoms with E-state index in [0.29, 0.717) is 11.8 Å². The van der Waals surface area contributed by atoms with Gasteiger partial charge in [0.2, 0.25) is 0 Å². The summed E-state index contributed by atoms with van der Waals surface area (Å²) in [7, 11) is 0. The van der Waals surface area contributed by atoms with Crippen molar-refractivity contribution in [1.82, 2.24) is 20.0 Å². The zero-order valence-electron chi connectivity index (χ0n) is 12.2. The molecule has 2 aromatic heterocycles. The van der Waals surface area contributed by atoms with Crippen molar-refractivity contribution >= 4 is 38.6 Å². The maximum Gasteiger partial charge on any atom is 0.136 e. The fourth-order valence-electron chi connectivity index (χ4n) is 2.47. The van der Waals surface area contributed by atoms with Crippen molar-refractivity contribution in [2.75, 3.05) is 0 Å². The van der Waals surface area contributed by atoms with E-state index in [1.807, 2.05) is 22.9 Å². The molecule has 0 atom stereocenters. The van der Waals surface area contributed by atoms with Gasteiger partial charge in [-0.15, -0.1) is 5.10 Å². The lowest BCUT2D eigenvalue weighted by Crippen LogP contribution is -2.01. The second-order valence-corrected chi connectivity index (χ2v) is 6.92. The van der Waals surface area contributed by atoms with Gasteiger partial charge in [0.15, 0.2) is 0 Å². The summed E-state index contributed by atoms with van der Waals surface area (Å²) in [6.07, 6.45) is 4.25. The summed E-state index contributed by atoms with van der Waals surface area (Å²) in [5.74, 6) is 1.50. The molecule has 4 rings (SSSR count). The zero-order valence-corrected chi connectivity index (χ0v) is 14.6. The third-order valence-corrected chi connectivity index (χ3v) is 4.88. The van der Waals surface area contributed by atoms with Crippen LogP contribution < -0.4 is 4.74 Å². The molecule has 0 spiro atoms. The molecule has 1 aromatic carbocycles. The number of rotatable bonds is 5. The van der Waals surface area contributed by atoms with Crippen LogP contribution in [-0.4, -0.2) is 20.0 Å². The highest BCUT2D eigenvalue weighted by molar-refractivity contribution is 9.10. The van der Waals surface area contributed by atoms with Crippen LogP contribution in [0.25, 0.3) is 11.0 Å². The first-order valence-corrected chi connectivity index (χ1v) is 8.63. The predicted octanol–water partition coefficient (Wildman–Crippen LogP) is 4.23. The minimum absolute atomic E-state index is 0.419. The highest BCUT2D eigenvalue weighted by Crippen LogP contribution is 2.35. The molecular formula is C16H14BrClN4O. The second-order valence-electron chi connectivity index (χ2n) is 5.74. The Bertz CT molecular complexity index is 862. The maximum atomic E-state index is 5.89. The number of fused-ring (bicyclic) bond motifs is 1. The molecule has 7 heteroatoms. The normalized spacial score (nSPS) is 14.3. The topological polar surface area (TPSA) is 52.8 Å². The summed E-state index contributed by atoms with van der Waals surface area (Å²) in [5, 5.41) is 9.01. The minimum atomic E-state index is 0.419. The summed E-state index contributed by atoms with van der Waals surface area (Å²) in [6, 6.07) is 7.63. The van der Waals surface area contributed by atoms with E-state index >= 15 is 0 Å². The molecule has 5 nitrogen and oxygen atoms in total. The van der Waals surface area contributed by atoms with Gasteiger partial charge in [-0.1, -0.05) is 16.8 Å². The Hall–Kier alpha value is -1.66. The molecule has 23 heavy (non-hydrogen) atoms. The van der Waals surface area contributed by atoms with Crippen molar-refractivity contribution in [2.45, 2.75) is 26.0 Å². The van der Waals surface area contributed by atoms with Gasteiger partial charge in [-0.25, -0.2) is 9.67 Å². The van der Waals surface area contributed by atoms with E-state index in [9.17, 15) is 0 Å². The van der Waals surface area contributed by atoms with Crippen molar-refractivity contribution in [1.29, 1.82) is 0 Å². The third kappa shape index (κ3) is 3.19. The Kier molecular flexibility index (Phi) is 3.95. The van der Waals surface area contributed by atoms with Gasteiger partial charge >= 0.3 is 0 Å². The summed E-state index contributed by atoms with van der Waals surface area (Å²) >= 11 is 9.47. The predicted molar refractivity (Wildman–Crippen MR) is 91.5 cm³/mol. The van der Waals surface area contributed by atoms with Gasteiger partial charge in [0.1, 0.15) is 23.0 Å². The first-order chi connectivity index (χ1) is 11.2. The monoisotopic (exact) mass is 392 g/mol. The van der Waals surface area contributed by atoms with Crippen LogP contribution in [0.15, 0.2) is 34.9 Å². The number of aromatic nitrogens is 4. The molecule has 1 saturated carbocycles. The molecule has 3 aromatic rings. The number of benzene rings is 1. The van der Waals surface area contributed by atoms with E-state index in [0.717, 1.165) is 39.3 Å².